The summed E-state index contributed by atoms with van der Waals surface area (Å²) in [5.41, 5.74) is -0.180. The lowest BCUT2D eigenvalue weighted by atomic mass is 10.1. The molecule has 0 spiro atoms. The van der Waals surface area contributed by atoms with E-state index in [1.165, 1.54) is 41.9 Å². The van der Waals surface area contributed by atoms with Gasteiger partial charge >= 0.3 is 5.69 Å². The summed E-state index contributed by atoms with van der Waals surface area (Å²) < 4.78 is 0. The largest absolute Gasteiger partial charge is 0.312 e. The number of hydrogen-bond acceptors (Lipinski definition) is 6. The number of anilines is 1. The minimum absolute atomic E-state index is 0.000263. The molecule has 1 amide bonds. The van der Waals surface area contributed by atoms with Gasteiger partial charge in [0.1, 0.15) is 0 Å². The number of nitrogens with zero attached hydrogens (tertiary/aromatic N) is 3. The zero-order valence-electron chi connectivity index (χ0n) is 10.8. The van der Waals surface area contributed by atoms with Crippen LogP contribution in [0.4, 0.5) is 11.5 Å². The number of pyridine rings is 1. The second-order valence-corrected chi connectivity index (χ2v) is 5.68. The Labute approximate surface area is 119 Å². The van der Waals surface area contributed by atoms with Crippen molar-refractivity contribution in [3.8, 4) is 0 Å². The zero-order chi connectivity index (χ0) is 14.7. The van der Waals surface area contributed by atoms with Crippen molar-refractivity contribution in [3.63, 3.8) is 0 Å². The summed E-state index contributed by atoms with van der Waals surface area (Å²) >= 11 is 1.17. The molecule has 2 heterocycles. The van der Waals surface area contributed by atoms with Gasteiger partial charge in [0.2, 0.25) is 11.7 Å². The van der Waals surface area contributed by atoms with Crippen LogP contribution >= 0.6 is 11.8 Å². The quantitative estimate of drug-likeness (QED) is 0.619. The molecular weight excluding hydrogens is 282 g/mol. The Hall–Kier alpha value is -1.96. The molecule has 0 bridgehead atoms. The van der Waals surface area contributed by atoms with E-state index in [-0.39, 0.29) is 34.9 Å². The second-order valence-electron chi connectivity index (χ2n) is 4.48. The highest BCUT2D eigenvalue weighted by Gasteiger charge is 2.35. The third-order valence-electron chi connectivity index (χ3n) is 2.95. The first kappa shape index (κ1) is 14.4. The number of thioether (sulfide) groups is 1. The molecule has 20 heavy (non-hydrogen) atoms. The molecule has 1 fully saturated rings. The van der Waals surface area contributed by atoms with Gasteiger partial charge in [-0.3, -0.25) is 24.6 Å². The van der Waals surface area contributed by atoms with Crippen molar-refractivity contribution >= 4 is 34.3 Å². The summed E-state index contributed by atoms with van der Waals surface area (Å²) in [5.74, 6) is 0.440. The monoisotopic (exact) mass is 295 g/mol. The Morgan fingerprint density at radius 2 is 2.40 bits per heavy atom. The van der Waals surface area contributed by atoms with E-state index in [4.69, 9.17) is 0 Å². The van der Waals surface area contributed by atoms with Gasteiger partial charge in [-0.1, -0.05) is 11.8 Å². The molecule has 0 radical (unpaired) electrons. The number of carbonyl (C=O) groups is 2. The van der Waals surface area contributed by atoms with Crippen molar-refractivity contribution in [2.24, 2.45) is 5.92 Å². The average molecular weight is 295 g/mol. The summed E-state index contributed by atoms with van der Waals surface area (Å²) in [6.45, 7) is 1.83. The van der Waals surface area contributed by atoms with E-state index < -0.39 is 4.92 Å². The predicted molar refractivity (Wildman–Crippen MR) is 74.5 cm³/mol. The molecule has 1 atom stereocenters. The number of rotatable bonds is 4. The van der Waals surface area contributed by atoms with E-state index in [9.17, 15) is 19.7 Å². The van der Waals surface area contributed by atoms with Gasteiger partial charge in [-0.25, -0.2) is 4.98 Å². The molecule has 1 unspecified atom stereocenters. The standard InChI is InChI=1S/C12H13N3O4S/c1-8(16)20-7-9-5-11(17)14(6-9)12-10(15(18)19)3-2-4-13-12/h2-4,9H,5-7H2,1H3. The summed E-state index contributed by atoms with van der Waals surface area (Å²) in [5, 5.41) is 11.0. The minimum Gasteiger partial charge on any atom is -0.291 e. The molecule has 106 valence electrons. The van der Waals surface area contributed by atoms with Crippen molar-refractivity contribution in [1.29, 1.82) is 0 Å². The van der Waals surface area contributed by atoms with E-state index in [0.717, 1.165) is 0 Å². The molecule has 1 aromatic rings. The smallest absolute Gasteiger partial charge is 0.291 e. The molecule has 0 aromatic carbocycles. The van der Waals surface area contributed by atoms with Crippen LogP contribution < -0.4 is 4.90 Å². The van der Waals surface area contributed by atoms with Crippen molar-refractivity contribution < 1.29 is 14.5 Å². The molecule has 1 saturated heterocycles. The van der Waals surface area contributed by atoms with Crippen LogP contribution in [0.25, 0.3) is 0 Å². The normalized spacial score (nSPS) is 18.4. The van der Waals surface area contributed by atoms with Gasteiger partial charge in [-0.2, -0.15) is 0 Å². The fourth-order valence-electron chi connectivity index (χ4n) is 2.07. The molecule has 0 saturated carbocycles. The van der Waals surface area contributed by atoms with Gasteiger partial charge in [0, 0.05) is 37.9 Å². The highest BCUT2D eigenvalue weighted by molar-refractivity contribution is 8.13. The molecule has 1 aliphatic rings. The number of carbonyl (C=O) groups excluding carboxylic acids is 2. The summed E-state index contributed by atoms with van der Waals surface area (Å²) in [4.78, 5) is 38.6. The second kappa shape index (κ2) is 6.00. The Balaban J connectivity index is 2.16. The maximum absolute atomic E-state index is 12.0. The highest BCUT2D eigenvalue weighted by atomic mass is 32.2. The van der Waals surface area contributed by atoms with E-state index in [0.29, 0.717) is 12.3 Å². The summed E-state index contributed by atoms with van der Waals surface area (Å²) in [6.07, 6.45) is 1.71. The SMILES string of the molecule is CC(=O)SCC1CC(=O)N(c2ncccc2[N+](=O)[O-])C1. The van der Waals surface area contributed by atoms with Crippen molar-refractivity contribution in [1.82, 2.24) is 4.98 Å². The Morgan fingerprint density at radius 3 is 3.05 bits per heavy atom. The van der Waals surface area contributed by atoms with E-state index in [1.54, 1.807) is 0 Å². The minimum atomic E-state index is -0.548. The topological polar surface area (TPSA) is 93.4 Å². The zero-order valence-corrected chi connectivity index (χ0v) is 11.6. The maximum Gasteiger partial charge on any atom is 0.312 e. The van der Waals surface area contributed by atoms with E-state index in [1.807, 2.05) is 0 Å². The molecule has 7 nitrogen and oxygen atoms in total. The maximum atomic E-state index is 12.0. The third-order valence-corrected chi connectivity index (χ3v) is 3.99. The molecule has 0 aliphatic carbocycles. The molecule has 1 aliphatic heterocycles. The first-order valence-electron chi connectivity index (χ1n) is 6.02. The number of nitro groups is 1. The number of hydrogen-bond donors (Lipinski definition) is 0. The fraction of sp³-hybridized carbons (Fsp3) is 0.417. The van der Waals surface area contributed by atoms with Crippen LogP contribution in [-0.2, 0) is 9.59 Å². The van der Waals surface area contributed by atoms with Gasteiger partial charge in [-0.15, -0.1) is 0 Å². The lowest BCUT2D eigenvalue weighted by Gasteiger charge is -2.15. The fourth-order valence-corrected chi connectivity index (χ4v) is 2.77. The van der Waals surface area contributed by atoms with Gasteiger partial charge in [0.15, 0.2) is 5.12 Å². The first-order chi connectivity index (χ1) is 9.49. The van der Waals surface area contributed by atoms with Crippen LogP contribution in [0.15, 0.2) is 18.3 Å². The van der Waals surface area contributed by atoms with Crippen molar-refractivity contribution in [2.45, 2.75) is 13.3 Å². The molecule has 2 rings (SSSR count). The van der Waals surface area contributed by atoms with Crippen LogP contribution in [0.2, 0.25) is 0 Å². The van der Waals surface area contributed by atoms with Crippen LogP contribution in [-0.4, -0.2) is 33.2 Å². The van der Waals surface area contributed by atoms with Gasteiger partial charge < -0.3 is 0 Å². The predicted octanol–water partition coefficient (Wildman–Crippen LogP) is 1.62. The summed E-state index contributed by atoms with van der Waals surface area (Å²) in [7, 11) is 0. The van der Waals surface area contributed by atoms with Crippen molar-refractivity contribution in [3.05, 3.63) is 28.4 Å². The number of aromatic nitrogens is 1. The first-order valence-corrected chi connectivity index (χ1v) is 7.00. The van der Waals surface area contributed by atoms with E-state index in [2.05, 4.69) is 4.98 Å². The van der Waals surface area contributed by atoms with Gasteiger partial charge in [0.25, 0.3) is 0 Å². The molecule has 1 aromatic heterocycles. The van der Waals surface area contributed by atoms with Crippen LogP contribution in [0.1, 0.15) is 13.3 Å². The van der Waals surface area contributed by atoms with E-state index >= 15 is 0 Å². The van der Waals surface area contributed by atoms with Crippen LogP contribution in [0, 0.1) is 16.0 Å². The van der Waals surface area contributed by atoms with Gasteiger partial charge in [0.05, 0.1) is 4.92 Å². The third kappa shape index (κ3) is 3.13. The summed E-state index contributed by atoms with van der Waals surface area (Å²) in [6, 6.07) is 2.79. The Morgan fingerprint density at radius 1 is 1.65 bits per heavy atom. The number of amides is 1. The van der Waals surface area contributed by atoms with Crippen LogP contribution in [0.5, 0.6) is 0 Å². The Kier molecular flexibility index (Phi) is 4.33. The highest BCUT2D eigenvalue weighted by Crippen LogP contribution is 2.31. The Bertz CT molecular complexity index is 563. The lowest BCUT2D eigenvalue weighted by Crippen LogP contribution is -2.26. The van der Waals surface area contributed by atoms with Crippen molar-refractivity contribution in [2.75, 3.05) is 17.2 Å². The molecule has 0 N–H and O–H groups in total. The molecular formula is C12H13N3O4S. The van der Waals surface area contributed by atoms with Gasteiger partial charge in [-0.05, 0) is 12.0 Å². The average Bonchev–Trinajstić information content (AvgIpc) is 2.77. The van der Waals surface area contributed by atoms with Crippen LogP contribution in [0.3, 0.4) is 0 Å². The lowest BCUT2D eigenvalue weighted by molar-refractivity contribution is -0.384. The molecule has 8 heteroatoms.